The van der Waals surface area contributed by atoms with Gasteiger partial charge in [0, 0.05) is 11.8 Å². The van der Waals surface area contributed by atoms with Crippen LogP contribution < -0.4 is 20.3 Å². The van der Waals surface area contributed by atoms with Gasteiger partial charge < -0.3 is 19.8 Å². The van der Waals surface area contributed by atoms with E-state index in [1.165, 1.54) is 0 Å². The minimum Gasteiger partial charge on any atom is -0.493 e. The third-order valence-electron chi connectivity index (χ3n) is 4.52. The number of H-pyrrole nitrogens is 1. The first-order chi connectivity index (χ1) is 14.0. The number of nitrogens with zero attached hydrogens (tertiary/aromatic N) is 2. The Labute approximate surface area is 168 Å². The zero-order valence-corrected chi connectivity index (χ0v) is 16.7. The summed E-state index contributed by atoms with van der Waals surface area (Å²) in [6, 6.07) is 12.4. The molecule has 29 heavy (non-hydrogen) atoms. The molecule has 1 amide bonds. The van der Waals surface area contributed by atoms with E-state index in [2.05, 4.69) is 15.3 Å². The van der Waals surface area contributed by atoms with Crippen molar-refractivity contribution in [3.8, 4) is 11.5 Å². The standard InChI is InChI=1S/C21H24N4O4/c1-4-25(12-19-23-16-8-6-5-7-15(16)21(27)24-19)13-20(26)22-14-9-10-17(28-2)18(11-14)29-3/h5-11H,4,12-13H2,1-3H3,(H,22,26)(H,23,24,27). The van der Waals surface area contributed by atoms with Crippen LogP contribution in [0.2, 0.25) is 0 Å². The minimum absolute atomic E-state index is 0.154. The van der Waals surface area contributed by atoms with Crippen LogP contribution in [0.3, 0.4) is 0 Å². The maximum Gasteiger partial charge on any atom is 0.258 e. The second kappa shape index (κ2) is 9.20. The highest BCUT2D eigenvalue weighted by atomic mass is 16.5. The number of carbonyl (C=O) groups excluding carboxylic acids is 1. The molecule has 2 aromatic carbocycles. The average Bonchev–Trinajstić information content (AvgIpc) is 2.73. The molecule has 0 atom stereocenters. The van der Waals surface area contributed by atoms with Gasteiger partial charge in [0.1, 0.15) is 5.82 Å². The largest absolute Gasteiger partial charge is 0.493 e. The fourth-order valence-corrected chi connectivity index (χ4v) is 3.02. The van der Waals surface area contributed by atoms with Gasteiger partial charge in [-0.2, -0.15) is 0 Å². The van der Waals surface area contributed by atoms with Crippen molar-refractivity contribution in [2.24, 2.45) is 0 Å². The summed E-state index contributed by atoms with van der Waals surface area (Å²) in [7, 11) is 3.10. The Hall–Kier alpha value is -3.39. The minimum atomic E-state index is -0.184. The Morgan fingerprint density at radius 3 is 2.62 bits per heavy atom. The topological polar surface area (TPSA) is 96.6 Å². The molecule has 1 heterocycles. The van der Waals surface area contributed by atoms with Gasteiger partial charge in [0.2, 0.25) is 5.91 Å². The number of ether oxygens (including phenoxy) is 2. The molecule has 0 aliphatic rings. The molecule has 0 fully saturated rings. The van der Waals surface area contributed by atoms with E-state index in [1.54, 1.807) is 50.6 Å². The van der Waals surface area contributed by atoms with Crippen LogP contribution in [0, 0.1) is 0 Å². The molecule has 0 unspecified atom stereocenters. The Morgan fingerprint density at radius 2 is 1.90 bits per heavy atom. The SMILES string of the molecule is CCN(CC(=O)Nc1ccc(OC)c(OC)c1)Cc1nc2ccccc2c(=O)[nH]1. The molecule has 0 aliphatic heterocycles. The summed E-state index contributed by atoms with van der Waals surface area (Å²) < 4.78 is 10.5. The van der Waals surface area contributed by atoms with E-state index >= 15 is 0 Å². The van der Waals surface area contributed by atoms with Crippen LogP contribution in [0.4, 0.5) is 5.69 Å². The summed E-state index contributed by atoms with van der Waals surface area (Å²) in [6.45, 7) is 3.08. The van der Waals surface area contributed by atoms with Crippen molar-refractivity contribution >= 4 is 22.5 Å². The van der Waals surface area contributed by atoms with Crippen LogP contribution in [-0.2, 0) is 11.3 Å². The molecular weight excluding hydrogens is 372 g/mol. The number of anilines is 1. The molecule has 2 N–H and O–H groups in total. The molecule has 3 rings (SSSR count). The molecule has 0 radical (unpaired) electrons. The van der Waals surface area contributed by atoms with Crippen LogP contribution in [-0.4, -0.2) is 48.1 Å². The lowest BCUT2D eigenvalue weighted by molar-refractivity contribution is -0.117. The summed E-state index contributed by atoms with van der Waals surface area (Å²) in [5, 5.41) is 3.40. The molecule has 8 heteroatoms. The van der Waals surface area contributed by atoms with E-state index in [0.29, 0.717) is 47.0 Å². The Morgan fingerprint density at radius 1 is 1.14 bits per heavy atom. The van der Waals surface area contributed by atoms with Gasteiger partial charge in [-0.15, -0.1) is 0 Å². The smallest absolute Gasteiger partial charge is 0.258 e. The van der Waals surface area contributed by atoms with Crippen molar-refractivity contribution in [1.29, 1.82) is 0 Å². The zero-order valence-electron chi connectivity index (χ0n) is 16.7. The van der Waals surface area contributed by atoms with Gasteiger partial charge in [-0.25, -0.2) is 4.98 Å². The number of nitrogens with one attached hydrogen (secondary N) is 2. The van der Waals surface area contributed by atoms with Crippen molar-refractivity contribution in [2.75, 3.05) is 32.6 Å². The number of aromatic nitrogens is 2. The van der Waals surface area contributed by atoms with Crippen molar-refractivity contribution in [1.82, 2.24) is 14.9 Å². The summed E-state index contributed by atoms with van der Waals surface area (Å²) in [6.07, 6.45) is 0. The van der Waals surface area contributed by atoms with E-state index in [-0.39, 0.29) is 18.0 Å². The number of carbonyl (C=O) groups is 1. The van der Waals surface area contributed by atoms with E-state index in [0.717, 1.165) is 0 Å². The number of rotatable bonds is 8. The fraction of sp³-hybridized carbons (Fsp3) is 0.286. The molecule has 0 saturated heterocycles. The number of aromatic amines is 1. The van der Waals surface area contributed by atoms with Crippen LogP contribution >= 0.6 is 0 Å². The number of fused-ring (bicyclic) bond motifs is 1. The third kappa shape index (κ3) is 4.91. The first kappa shape index (κ1) is 20.3. The predicted molar refractivity (Wildman–Crippen MR) is 111 cm³/mol. The van der Waals surface area contributed by atoms with Gasteiger partial charge in [0.05, 0.1) is 38.2 Å². The molecule has 0 bridgehead atoms. The van der Waals surface area contributed by atoms with Crippen molar-refractivity contribution in [2.45, 2.75) is 13.5 Å². The van der Waals surface area contributed by atoms with E-state index in [1.807, 2.05) is 17.9 Å². The lowest BCUT2D eigenvalue weighted by Crippen LogP contribution is -2.33. The summed E-state index contributed by atoms with van der Waals surface area (Å²) in [5.41, 5.74) is 1.06. The number of hydrogen-bond acceptors (Lipinski definition) is 6. The zero-order chi connectivity index (χ0) is 20.8. The van der Waals surface area contributed by atoms with Crippen LogP contribution in [0.25, 0.3) is 10.9 Å². The Bertz CT molecular complexity index is 1060. The predicted octanol–water partition coefficient (Wildman–Crippen LogP) is 2.40. The number of benzene rings is 2. The number of methoxy groups -OCH3 is 2. The molecule has 1 aromatic heterocycles. The number of likely N-dealkylation sites (N-methyl/N-ethyl adjacent to an activating group) is 1. The summed E-state index contributed by atoms with van der Waals surface area (Å²) >= 11 is 0. The Kier molecular flexibility index (Phi) is 6.46. The molecule has 0 saturated carbocycles. The normalized spacial score (nSPS) is 10.9. The molecule has 152 valence electrons. The summed E-state index contributed by atoms with van der Waals surface area (Å²) in [5.74, 6) is 1.47. The lowest BCUT2D eigenvalue weighted by atomic mass is 10.2. The number of para-hydroxylation sites is 1. The van der Waals surface area contributed by atoms with E-state index in [4.69, 9.17) is 9.47 Å². The molecule has 3 aromatic rings. The number of hydrogen-bond donors (Lipinski definition) is 2. The molecule has 0 spiro atoms. The first-order valence-corrected chi connectivity index (χ1v) is 9.26. The van der Waals surface area contributed by atoms with Crippen molar-refractivity contribution in [3.63, 3.8) is 0 Å². The third-order valence-corrected chi connectivity index (χ3v) is 4.52. The van der Waals surface area contributed by atoms with Gasteiger partial charge in [-0.3, -0.25) is 14.5 Å². The van der Waals surface area contributed by atoms with Gasteiger partial charge in [-0.05, 0) is 30.8 Å². The van der Waals surface area contributed by atoms with Crippen LogP contribution in [0.5, 0.6) is 11.5 Å². The molecular formula is C21H24N4O4. The maximum absolute atomic E-state index is 12.5. The second-order valence-corrected chi connectivity index (χ2v) is 6.45. The van der Waals surface area contributed by atoms with Gasteiger partial charge in [0.15, 0.2) is 11.5 Å². The molecule has 0 aliphatic carbocycles. The van der Waals surface area contributed by atoms with E-state index in [9.17, 15) is 9.59 Å². The van der Waals surface area contributed by atoms with Crippen LogP contribution in [0.15, 0.2) is 47.3 Å². The lowest BCUT2D eigenvalue weighted by Gasteiger charge is -2.19. The second-order valence-electron chi connectivity index (χ2n) is 6.45. The van der Waals surface area contributed by atoms with Crippen molar-refractivity contribution < 1.29 is 14.3 Å². The van der Waals surface area contributed by atoms with Crippen molar-refractivity contribution in [3.05, 3.63) is 58.6 Å². The van der Waals surface area contributed by atoms with Gasteiger partial charge in [0.25, 0.3) is 5.56 Å². The van der Waals surface area contributed by atoms with Gasteiger partial charge in [-0.1, -0.05) is 19.1 Å². The number of amides is 1. The maximum atomic E-state index is 12.5. The highest BCUT2D eigenvalue weighted by molar-refractivity contribution is 5.92. The Balaban J connectivity index is 1.68. The highest BCUT2D eigenvalue weighted by Crippen LogP contribution is 2.29. The fourth-order valence-electron chi connectivity index (χ4n) is 3.02. The van der Waals surface area contributed by atoms with E-state index < -0.39 is 0 Å². The average molecular weight is 396 g/mol. The van der Waals surface area contributed by atoms with Crippen LogP contribution in [0.1, 0.15) is 12.7 Å². The highest BCUT2D eigenvalue weighted by Gasteiger charge is 2.13. The quantitative estimate of drug-likeness (QED) is 0.607. The molecule has 8 nitrogen and oxygen atoms in total. The summed E-state index contributed by atoms with van der Waals surface area (Å²) in [4.78, 5) is 33.9. The first-order valence-electron chi connectivity index (χ1n) is 9.26. The van der Waals surface area contributed by atoms with Gasteiger partial charge >= 0.3 is 0 Å². The monoisotopic (exact) mass is 396 g/mol.